The summed E-state index contributed by atoms with van der Waals surface area (Å²) in [6.07, 6.45) is 12.0. The van der Waals surface area contributed by atoms with Gasteiger partial charge in [-0.25, -0.2) is 0 Å². The Morgan fingerprint density at radius 3 is 2.73 bits per heavy atom. The van der Waals surface area contributed by atoms with Crippen LogP contribution in [0.3, 0.4) is 0 Å². The lowest BCUT2D eigenvalue weighted by Crippen LogP contribution is -2.08. The molecule has 0 aliphatic heterocycles. The van der Waals surface area contributed by atoms with Crippen LogP contribution in [0.4, 0.5) is 0 Å². The van der Waals surface area contributed by atoms with Gasteiger partial charge in [0.2, 0.25) is 0 Å². The second-order valence-electron chi connectivity index (χ2n) is 4.37. The van der Waals surface area contributed by atoms with E-state index in [0.29, 0.717) is 5.78 Å². The van der Waals surface area contributed by atoms with Gasteiger partial charge in [0.25, 0.3) is 0 Å². The van der Waals surface area contributed by atoms with Crippen molar-refractivity contribution in [2.45, 2.75) is 58.8 Å². The maximum atomic E-state index is 11.6. The Morgan fingerprint density at radius 1 is 1.27 bits per heavy atom. The summed E-state index contributed by atoms with van der Waals surface area (Å²) >= 11 is 0. The molecule has 0 heterocycles. The van der Waals surface area contributed by atoms with E-state index in [1.807, 2.05) is 6.08 Å². The van der Waals surface area contributed by atoms with Crippen molar-refractivity contribution in [1.82, 2.24) is 0 Å². The Labute approximate surface area is 93.3 Å². The van der Waals surface area contributed by atoms with Crippen LogP contribution in [0.15, 0.2) is 23.3 Å². The molecule has 1 heteroatoms. The molecule has 84 valence electrons. The zero-order valence-electron chi connectivity index (χ0n) is 10.0. The molecule has 0 saturated carbocycles. The van der Waals surface area contributed by atoms with E-state index in [1.165, 1.54) is 24.8 Å². The van der Waals surface area contributed by atoms with E-state index in [4.69, 9.17) is 0 Å². The third-order valence-electron chi connectivity index (χ3n) is 2.97. The minimum Gasteiger partial charge on any atom is -0.294 e. The largest absolute Gasteiger partial charge is 0.294 e. The molecule has 1 nitrogen and oxygen atoms in total. The Bertz CT molecular complexity index is 271. The van der Waals surface area contributed by atoms with Crippen LogP contribution < -0.4 is 0 Å². The molecule has 1 rings (SSSR count). The third kappa shape index (κ3) is 4.03. The van der Waals surface area contributed by atoms with Crippen LogP contribution in [0.1, 0.15) is 58.8 Å². The summed E-state index contributed by atoms with van der Waals surface area (Å²) in [5.41, 5.74) is 2.26. The Kier molecular flexibility index (Phi) is 5.38. The summed E-state index contributed by atoms with van der Waals surface area (Å²) in [6, 6.07) is 0. The van der Waals surface area contributed by atoms with Crippen LogP contribution in [-0.4, -0.2) is 5.78 Å². The Hall–Kier alpha value is -0.850. The molecule has 0 atom stereocenters. The van der Waals surface area contributed by atoms with Crippen molar-refractivity contribution in [2.75, 3.05) is 0 Å². The minimum atomic E-state index is 0.338. The predicted molar refractivity (Wildman–Crippen MR) is 64.8 cm³/mol. The van der Waals surface area contributed by atoms with Crippen LogP contribution >= 0.6 is 0 Å². The number of hydrogen-bond acceptors (Lipinski definition) is 1. The fourth-order valence-corrected chi connectivity index (χ4v) is 1.97. The zero-order valence-corrected chi connectivity index (χ0v) is 10.0. The van der Waals surface area contributed by atoms with Crippen LogP contribution in [0, 0.1) is 0 Å². The van der Waals surface area contributed by atoms with Crippen molar-refractivity contribution >= 4 is 5.78 Å². The maximum Gasteiger partial charge on any atom is 0.162 e. The van der Waals surface area contributed by atoms with Gasteiger partial charge >= 0.3 is 0 Å². The molecule has 15 heavy (non-hydrogen) atoms. The lowest BCUT2D eigenvalue weighted by molar-refractivity contribution is -0.115. The molecule has 0 aromatic carbocycles. The van der Waals surface area contributed by atoms with Gasteiger partial charge in [0, 0.05) is 12.0 Å². The molecule has 0 fully saturated rings. The summed E-state index contributed by atoms with van der Waals surface area (Å²) in [6.45, 7) is 4.30. The van der Waals surface area contributed by atoms with Crippen molar-refractivity contribution in [2.24, 2.45) is 0 Å². The molecule has 0 saturated heterocycles. The molecule has 0 aromatic heterocycles. The Balaban J connectivity index is 2.44. The van der Waals surface area contributed by atoms with Crippen molar-refractivity contribution in [3.05, 3.63) is 23.3 Å². The van der Waals surface area contributed by atoms with Gasteiger partial charge in [-0.15, -0.1) is 0 Å². The van der Waals surface area contributed by atoms with E-state index in [2.05, 4.69) is 19.9 Å². The molecule has 0 aromatic rings. The highest BCUT2D eigenvalue weighted by Gasteiger charge is 2.14. The summed E-state index contributed by atoms with van der Waals surface area (Å²) in [5, 5.41) is 0. The van der Waals surface area contributed by atoms with Gasteiger partial charge < -0.3 is 0 Å². The highest BCUT2D eigenvalue weighted by Crippen LogP contribution is 2.22. The monoisotopic (exact) mass is 206 g/mol. The lowest BCUT2D eigenvalue weighted by Gasteiger charge is -2.13. The van der Waals surface area contributed by atoms with Gasteiger partial charge in [-0.05, 0) is 32.6 Å². The number of ketones is 1. The number of carbonyl (C=O) groups excluding carboxylic acids is 1. The minimum absolute atomic E-state index is 0.338. The molecule has 0 unspecified atom stereocenters. The smallest absolute Gasteiger partial charge is 0.162 e. The molecule has 0 amide bonds. The first kappa shape index (κ1) is 12.2. The summed E-state index contributed by atoms with van der Waals surface area (Å²) in [5.74, 6) is 0.338. The quantitative estimate of drug-likeness (QED) is 0.616. The van der Waals surface area contributed by atoms with Gasteiger partial charge in [-0.3, -0.25) is 4.79 Å². The zero-order chi connectivity index (χ0) is 11.1. The molecule has 1 aliphatic rings. The molecular formula is C14H22O. The van der Waals surface area contributed by atoms with Gasteiger partial charge in [0.05, 0.1) is 0 Å². The van der Waals surface area contributed by atoms with Gasteiger partial charge in [0.1, 0.15) is 0 Å². The van der Waals surface area contributed by atoms with Crippen LogP contribution in [0.25, 0.3) is 0 Å². The normalized spacial score (nSPS) is 17.9. The number of unbranched alkanes of at least 4 members (excludes halogenated alkanes) is 3. The maximum absolute atomic E-state index is 11.6. The van der Waals surface area contributed by atoms with E-state index in [9.17, 15) is 4.79 Å². The van der Waals surface area contributed by atoms with Crippen LogP contribution in [0.5, 0.6) is 0 Å². The molecular weight excluding hydrogens is 184 g/mol. The third-order valence-corrected chi connectivity index (χ3v) is 2.97. The topological polar surface area (TPSA) is 17.1 Å². The average Bonchev–Trinajstić information content (AvgIpc) is 2.21. The van der Waals surface area contributed by atoms with E-state index >= 15 is 0 Å². The van der Waals surface area contributed by atoms with Crippen LogP contribution in [-0.2, 0) is 4.79 Å². The number of Topliss-reactive ketones (excluding diaryl/α,β-unsaturated/α-hetero) is 1. The highest BCUT2D eigenvalue weighted by molar-refractivity contribution is 5.99. The molecule has 0 N–H and O–H groups in total. The van der Waals surface area contributed by atoms with E-state index in [-0.39, 0.29) is 0 Å². The first-order valence-corrected chi connectivity index (χ1v) is 6.15. The van der Waals surface area contributed by atoms with Crippen molar-refractivity contribution in [1.29, 1.82) is 0 Å². The molecule has 0 radical (unpaired) electrons. The second kappa shape index (κ2) is 6.60. The molecule has 0 bridgehead atoms. The SMILES string of the molecule is CCCCC/C=C/C1=C(C)CCCC1=O. The fraction of sp³-hybridized carbons (Fsp3) is 0.643. The summed E-state index contributed by atoms with van der Waals surface area (Å²) in [4.78, 5) is 11.6. The van der Waals surface area contributed by atoms with Crippen LogP contribution in [0.2, 0.25) is 0 Å². The van der Waals surface area contributed by atoms with Gasteiger partial charge in [-0.2, -0.15) is 0 Å². The van der Waals surface area contributed by atoms with Gasteiger partial charge in [0.15, 0.2) is 5.78 Å². The number of allylic oxidation sites excluding steroid dienone is 4. The Morgan fingerprint density at radius 2 is 2.07 bits per heavy atom. The summed E-state index contributed by atoms with van der Waals surface area (Å²) < 4.78 is 0. The van der Waals surface area contributed by atoms with E-state index in [1.54, 1.807) is 0 Å². The van der Waals surface area contributed by atoms with Crippen molar-refractivity contribution in [3.63, 3.8) is 0 Å². The molecule has 0 spiro atoms. The predicted octanol–water partition coefficient (Wildman–Crippen LogP) is 4.19. The second-order valence-corrected chi connectivity index (χ2v) is 4.37. The van der Waals surface area contributed by atoms with Crippen molar-refractivity contribution < 1.29 is 4.79 Å². The first-order valence-electron chi connectivity index (χ1n) is 6.15. The van der Waals surface area contributed by atoms with Crippen molar-refractivity contribution in [3.8, 4) is 0 Å². The fourth-order valence-electron chi connectivity index (χ4n) is 1.97. The van der Waals surface area contributed by atoms with E-state index in [0.717, 1.165) is 31.3 Å². The lowest BCUT2D eigenvalue weighted by atomic mass is 9.91. The summed E-state index contributed by atoms with van der Waals surface area (Å²) in [7, 11) is 0. The first-order chi connectivity index (χ1) is 7.25. The molecule has 1 aliphatic carbocycles. The number of rotatable bonds is 5. The number of hydrogen-bond donors (Lipinski definition) is 0. The standard InChI is InChI=1S/C14H22O/c1-3-4-5-6-7-10-13-12(2)9-8-11-14(13)15/h7,10H,3-6,8-9,11H2,1-2H3/b10-7+. The highest BCUT2D eigenvalue weighted by atomic mass is 16.1. The average molecular weight is 206 g/mol. The van der Waals surface area contributed by atoms with E-state index < -0.39 is 0 Å². The van der Waals surface area contributed by atoms with Gasteiger partial charge in [-0.1, -0.05) is 37.5 Å². The number of carbonyl (C=O) groups is 1.